The van der Waals surface area contributed by atoms with Gasteiger partial charge in [-0.05, 0) is 42.3 Å². The van der Waals surface area contributed by atoms with Crippen LogP contribution in [0.4, 0.5) is 0 Å². The van der Waals surface area contributed by atoms with Crippen molar-refractivity contribution in [2.24, 2.45) is 0 Å². The van der Waals surface area contributed by atoms with Gasteiger partial charge < -0.3 is 14.6 Å². The lowest BCUT2D eigenvalue weighted by molar-refractivity contribution is 0.273. The van der Waals surface area contributed by atoms with E-state index in [9.17, 15) is 13.5 Å². The molecule has 2 N–H and O–H groups in total. The average molecular weight is 386 g/mol. The van der Waals surface area contributed by atoms with Crippen LogP contribution in [-0.4, -0.2) is 40.9 Å². The van der Waals surface area contributed by atoms with Crippen LogP contribution in [0.1, 0.15) is 23.6 Å². The van der Waals surface area contributed by atoms with Crippen LogP contribution in [0.2, 0.25) is 0 Å². The number of hydrogen-bond acceptors (Lipinski definition) is 6. The van der Waals surface area contributed by atoms with E-state index in [2.05, 4.69) is 4.72 Å². The Balaban J connectivity index is 2.08. The molecule has 1 aromatic heterocycles. The molecule has 0 aliphatic carbocycles. The molecular weight excluding hydrogens is 362 g/mol. The number of methoxy groups -OCH3 is 2. The highest BCUT2D eigenvalue weighted by Crippen LogP contribution is 2.29. The molecule has 0 amide bonds. The van der Waals surface area contributed by atoms with E-state index in [1.54, 1.807) is 23.5 Å². The zero-order valence-corrected chi connectivity index (χ0v) is 15.9. The Labute approximate surface area is 152 Å². The molecule has 25 heavy (non-hydrogen) atoms. The molecule has 0 saturated carbocycles. The van der Waals surface area contributed by atoms with Crippen molar-refractivity contribution in [1.82, 2.24) is 4.72 Å². The van der Waals surface area contributed by atoms with Crippen molar-refractivity contribution in [2.45, 2.75) is 23.7 Å². The Kier molecular flexibility index (Phi) is 7.24. The van der Waals surface area contributed by atoms with Crippen LogP contribution >= 0.6 is 11.3 Å². The summed E-state index contributed by atoms with van der Waals surface area (Å²) in [6, 6.07) is 8.60. The van der Waals surface area contributed by atoms with E-state index in [1.807, 2.05) is 17.5 Å². The van der Waals surface area contributed by atoms with Crippen LogP contribution in [0.25, 0.3) is 0 Å². The van der Waals surface area contributed by atoms with Crippen molar-refractivity contribution in [3.05, 3.63) is 40.6 Å². The Morgan fingerprint density at radius 1 is 1.20 bits per heavy atom. The summed E-state index contributed by atoms with van der Waals surface area (Å²) in [6.45, 7) is 0.338. The summed E-state index contributed by atoms with van der Waals surface area (Å²) in [7, 11) is -0.825. The molecule has 8 heteroatoms. The number of nitrogens with one attached hydrogen (secondary N) is 1. The first-order valence-electron chi connectivity index (χ1n) is 7.87. The van der Waals surface area contributed by atoms with Gasteiger partial charge in [-0.25, -0.2) is 13.1 Å². The fraction of sp³-hybridized carbons (Fsp3) is 0.412. The fourth-order valence-electron chi connectivity index (χ4n) is 2.55. The quantitative estimate of drug-likeness (QED) is 0.657. The molecule has 0 bridgehead atoms. The normalized spacial score (nSPS) is 12.8. The van der Waals surface area contributed by atoms with Crippen LogP contribution in [-0.2, 0) is 10.0 Å². The number of rotatable bonds is 10. The highest BCUT2D eigenvalue weighted by Gasteiger charge is 2.21. The minimum Gasteiger partial charge on any atom is -0.497 e. The molecule has 0 aliphatic rings. The van der Waals surface area contributed by atoms with Crippen LogP contribution in [0.3, 0.4) is 0 Å². The first-order valence-corrected chi connectivity index (χ1v) is 10.2. The molecule has 0 radical (unpaired) electrons. The highest BCUT2D eigenvalue weighted by atomic mass is 32.2. The number of aliphatic hydroxyl groups is 1. The summed E-state index contributed by atoms with van der Waals surface area (Å²) in [5.41, 5.74) is 0. The predicted molar refractivity (Wildman–Crippen MR) is 98.1 cm³/mol. The van der Waals surface area contributed by atoms with Gasteiger partial charge in [0.15, 0.2) is 0 Å². The maximum Gasteiger partial charge on any atom is 0.244 e. The number of ether oxygens (including phenoxy) is 2. The van der Waals surface area contributed by atoms with E-state index >= 15 is 0 Å². The number of benzene rings is 1. The molecule has 2 aromatic rings. The van der Waals surface area contributed by atoms with E-state index in [1.165, 1.54) is 20.3 Å². The topological polar surface area (TPSA) is 84.9 Å². The van der Waals surface area contributed by atoms with Crippen molar-refractivity contribution >= 4 is 21.4 Å². The molecule has 0 fully saturated rings. The third-order valence-electron chi connectivity index (χ3n) is 3.87. The van der Waals surface area contributed by atoms with E-state index < -0.39 is 10.0 Å². The molecule has 1 atom stereocenters. The summed E-state index contributed by atoms with van der Waals surface area (Å²) in [4.78, 5) is 1.19. The summed E-state index contributed by atoms with van der Waals surface area (Å²) in [5.74, 6) is 0.830. The van der Waals surface area contributed by atoms with Crippen molar-refractivity contribution in [3.8, 4) is 11.5 Å². The van der Waals surface area contributed by atoms with Gasteiger partial charge in [-0.1, -0.05) is 6.07 Å². The van der Waals surface area contributed by atoms with Gasteiger partial charge in [0.2, 0.25) is 10.0 Å². The van der Waals surface area contributed by atoms with Gasteiger partial charge in [0, 0.05) is 24.1 Å². The van der Waals surface area contributed by atoms with Crippen molar-refractivity contribution in [2.75, 3.05) is 27.4 Å². The monoisotopic (exact) mass is 385 g/mol. The molecule has 1 heterocycles. The van der Waals surface area contributed by atoms with Crippen molar-refractivity contribution < 1.29 is 23.0 Å². The average Bonchev–Trinajstić information content (AvgIpc) is 3.14. The Bertz CT molecular complexity index is 759. The molecule has 0 aliphatic heterocycles. The van der Waals surface area contributed by atoms with Gasteiger partial charge in [0.1, 0.15) is 16.4 Å². The van der Waals surface area contributed by atoms with Crippen LogP contribution in [0.15, 0.2) is 40.6 Å². The van der Waals surface area contributed by atoms with Crippen molar-refractivity contribution in [3.63, 3.8) is 0 Å². The van der Waals surface area contributed by atoms with Crippen LogP contribution < -0.4 is 14.2 Å². The summed E-state index contributed by atoms with van der Waals surface area (Å²) >= 11 is 1.61. The predicted octanol–water partition coefficient (Wildman–Crippen LogP) is 2.60. The molecule has 138 valence electrons. The third kappa shape index (κ3) is 5.18. The van der Waals surface area contributed by atoms with E-state index in [-0.39, 0.29) is 29.7 Å². The minimum atomic E-state index is -3.73. The minimum absolute atomic E-state index is 0.0455. The first kappa shape index (κ1) is 19.7. The second-order valence-corrected chi connectivity index (χ2v) is 8.14. The second-order valence-electron chi connectivity index (χ2n) is 5.43. The van der Waals surface area contributed by atoms with E-state index in [0.29, 0.717) is 18.6 Å². The van der Waals surface area contributed by atoms with Crippen LogP contribution in [0.5, 0.6) is 11.5 Å². The smallest absolute Gasteiger partial charge is 0.244 e. The van der Waals surface area contributed by atoms with Gasteiger partial charge in [0.05, 0.1) is 14.2 Å². The first-order chi connectivity index (χ1) is 12.0. The Morgan fingerprint density at radius 2 is 2.00 bits per heavy atom. The number of sulfonamides is 1. The molecule has 2 rings (SSSR count). The highest BCUT2D eigenvalue weighted by molar-refractivity contribution is 7.89. The largest absolute Gasteiger partial charge is 0.497 e. The summed E-state index contributed by atoms with van der Waals surface area (Å²) in [5, 5.41) is 11.2. The van der Waals surface area contributed by atoms with Gasteiger partial charge in [0.25, 0.3) is 0 Å². The second kappa shape index (κ2) is 9.19. The van der Waals surface area contributed by atoms with Gasteiger partial charge >= 0.3 is 0 Å². The number of hydrogen-bond donors (Lipinski definition) is 2. The van der Waals surface area contributed by atoms with Gasteiger partial charge in [-0.15, -0.1) is 11.3 Å². The van der Waals surface area contributed by atoms with E-state index in [4.69, 9.17) is 9.47 Å². The summed E-state index contributed by atoms with van der Waals surface area (Å²) in [6.07, 6.45) is 1.21. The number of thiophene rings is 1. The standard InChI is InChI=1S/C17H23NO5S2/c1-22-14-5-6-15(23-2)17(12-14)25(20,21)18-9-7-13(8-10-19)16-4-3-11-24-16/h3-6,11-13,18-19H,7-10H2,1-2H3/t13-/m0/s1. The maximum atomic E-state index is 12.6. The van der Waals surface area contributed by atoms with Gasteiger partial charge in [-0.3, -0.25) is 0 Å². The SMILES string of the molecule is COc1ccc(OC)c(S(=O)(=O)NCC[C@@H](CCO)c2cccs2)c1. The zero-order valence-electron chi connectivity index (χ0n) is 14.3. The number of aliphatic hydroxyl groups excluding tert-OH is 1. The Hall–Kier alpha value is -1.61. The molecule has 1 aromatic carbocycles. The Morgan fingerprint density at radius 3 is 2.60 bits per heavy atom. The molecule has 0 unspecified atom stereocenters. The molecule has 6 nitrogen and oxygen atoms in total. The lowest BCUT2D eigenvalue weighted by Crippen LogP contribution is -2.26. The van der Waals surface area contributed by atoms with Crippen molar-refractivity contribution in [1.29, 1.82) is 0 Å². The summed E-state index contributed by atoms with van der Waals surface area (Å²) < 4.78 is 38.1. The lowest BCUT2D eigenvalue weighted by Gasteiger charge is -2.16. The molecule has 0 spiro atoms. The zero-order chi connectivity index (χ0) is 18.3. The maximum absolute atomic E-state index is 12.6. The van der Waals surface area contributed by atoms with Crippen LogP contribution in [0, 0.1) is 0 Å². The molecule has 0 saturated heterocycles. The fourth-order valence-corrected chi connectivity index (χ4v) is 4.68. The molecular formula is C17H23NO5S2. The van der Waals surface area contributed by atoms with E-state index in [0.717, 1.165) is 4.88 Å². The third-order valence-corrected chi connectivity index (χ3v) is 6.39. The lowest BCUT2D eigenvalue weighted by atomic mass is 10.0. The van der Waals surface area contributed by atoms with Gasteiger partial charge in [-0.2, -0.15) is 0 Å².